The third-order valence-electron chi connectivity index (χ3n) is 4.28. The van der Waals surface area contributed by atoms with Crippen molar-refractivity contribution >= 4 is 22.3 Å². The second-order valence-corrected chi connectivity index (χ2v) is 5.99. The van der Waals surface area contributed by atoms with Crippen LogP contribution in [0.2, 0.25) is 0 Å². The zero-order valence-corrected chi connectivity index (χ0v) is 14.4. The van der Waals surface area contributed by atoms with Crippen molar-refractivity contribution in [2.24, 2.45) is 0 Å². The van der Waals surface area contributed by atoms with Gasteiger partial charge in [-0.25, -0.2) is 9.97 Å². The molecule has 0 unspecified atom stereocenters. The van der Waals surface area contributed by atoms with Crippen LogP contribution in [0.3, 0.4) is 0 Å². The summed E-state index contributed by atoms with van der Waals surface area (Å²) in [6.07, 6.45) is 0. The average Bonchev–Trinajstić information content (AvgIpc) is 2.73. The van der Waals surface area contributed by atoms with Gasteiger partial charge in [-0.05, 0) is 12.1 Å². The molecule has 28 heavy (non-hydrogen) atoms. The lowest BCUT2D eigenvalue weighted by Crippen LogP contribution is -1.99. The fourth-order valence-corrected chi connectivity index (χ4v) is 2.99. The molecule has 0 atom stereocenters. The SMILES string of the molecule is O=[N+]([O-])c1ccc2nc(-c3ccccc3[N+](=O)[O-])nc(-c3ccccc3)c2c1. The van der Waals surface area contributed by atoms with E-state index in [9.17, 15) is 20.2 Å². The zero-order valence-electron chi connectivity index (χ0n) is 14.4. The molecule has 0 fully saturated rings. The normalized spacial score (nSPS) is 10.7. The van der Waals surface area contributed by atoms with Gasteiger partial charge in [0.1, 0.15) is 0 Å². The van der Waals surface area contributed by atoms with Gasteiger partial charge in [-0.3, -0.25) is 20.2 Å². The van der Waals surface area contributed by atoms with Crippen molar-refractivity contribution in [2.75, 3.05) is 0 Å². The lowest BCUT2D eigenvalue weighted by atomic mass is 10.0. The molecule has 0 aliphatic carbocycles. The van der Waals surface area contributed by atoms with Crippen LogP contribution in [0.1, 0.15) is 0 Å². The van der Waals surface area contributed by atoms with Gasteiger partial charge in [0.25, 0.3) is 11.4 Å². The summed E-state index contributed by atoms with van der Waals surface area (Å²) in [5, 5.41) is 23.1. The quantitative estimate of drug-likeness (QED) is 0.376. The summed E-state index contributed by atoms with van der Waals surface area (Å²) in [7, 11) is 0. The first-order chi connectivity index (χ1) is 13.5. The molecule has 0 aliphatic heterocycles. The number of hydrogen-bond acceptors (Lipinski definition) is 6. The molecule has 4 rings (SSSR count). The molecular formula is C20H12N4O4. The minimum absolute atomic E-state index is 0.0771. The molecule has 0 amide bonds. The molecule has 3 aromatic carbocycles. The molecule has 0 N–H and O–H groups in total. The molecule has 1 heterocycles. The van der Waals surface area contributed by atoms with Gasteiger partial charge < -0.3 is 0 Å². The first-order valence-corrected chi connectivity index (χ1v) is 8.30. The monoisotopic (exact) mass is 372 g/mol. The Bertz CT molecular complexity index is 1230. The highest BCUT2D eigenvalue weighted by molar-refractivity contribution is 5.95. The van der Waals surface area contributed by atoms with Crippen LogP contribution in [-0.2, 0) is 0 Å². The standard InChI is InChI=1S/C20H12N4O4/c25-23(26)14-10-11-17-16(12-14)19(13-6-2-1-3-7-13)22-20(21-17)15-8-4-5-9-18(15)24(27)28/h1-12H. The number of nitro groups is 2. The Morgan fingerprint density at radius 1 is 0.750 bits per heavy atom. The van der Waals surface area contributed by atoms with Crippen LogP contribution in [0, 0.1) is 20.2 Å². The number of benzene rings is 3. The van der Waals surface area contributed by atoms with E-state index < -0.39 is 9.85 Å². The lowest BCUT2D eigenvalue weighted by Gasteiger charge is -2.09. The van der Waals surface area contributed by atoms with Crippen molar-refractivity contribution in [3.63, 3.8) is 0 Å². The minimum Gasteiger partial charge on any atom is -0.258 e. The highest BCUT2D eigenvalue weighted by Gasteiger charge is 2.20. The van der Waals surface area contributed by atoms with Crippen molar-refractivity contribution in [1.82, 2.24) is 9.97 Å². The predicted molar refractivity (Wildman–Crippen MR) is 104 cm³/mol. The molecule has 8 nitrogen and oxygen atoms in total. The van der Waals surface area contributed by atoms with E-state index in [1.807, 2.05) is 30.3 Å². The molecule has 0 saturated heterocycles. The summed E-state index contributed by atoms with van der Waals surface area (Å²) in [5.74, 6) is 0.188. The largest absolute Gasteiger partial charge is 0.280 e. The van der Waals surface area contributed by atoms with Crippen LogP contribution < -0.4 is 0 Å². The van der Waals surface area contributed by atoms with Crippen LogP contribution in [0.4, 0.5) is 11.4 Å². The lowest BCUT2D eigenvalue weighted by molar-refractivity contribution is -0.384. The van der Waals surface area contributed by atoms with Gasteiger partial charge in [0.05, 0.1) is 26.6 Å². The maximum Gasteiger partial charge on any atom is 0.280 e. The number of nitrogens with zero attached hydrogens (tertiary/aromatic N) is 4. The number of rotatable bonds is 4. The molecular weight excluding hydrogens is 360 g/mol. The summed E-state index contributed by atoms with van der Waals surface area (Å²) in [6, 6.07) is 19.7. The predicted octanol–water partition coefficient (Wildman–Crippen LogP) is 4.78. The van der Waals surface area contributed by atoms with E-state index in [1.54, 1.807) is 18.2 Å². The third-order valence-corrected chi connectivity index (χ3v) is 4.28. The van der Waals surface area contributed by atoms with Crippen LogP contribution >= 0.6 is 0 Å². The Kier molecular flexibility index (Phi) is 4.21. The van der Waals surface area contributed by atoms with E-state index in [0.717, 1.165) is 5.56 Å². The summed E-state index contributed by atoms with van der Waals surface area (Å²) >= 11 is 0. The Labute approximate surface area is 158 Å². The Morgan fingerprint density at radius 3 is 2.18 bits per heavy atom. The van der Waals surface area contributed by atoms with Crippen LogP contribution in [-0.4, -0.2) is 19.8 Å². The van der Waals surface area contributed by atoms with E-state index in [0.29, 0.717) is 16.6 Å². The second kappa shape index (κ2) is 6.84. The molecule has 0 aliphatic rings. The van der Waals surface area contributed by atoms with Gasteiger partial charge >= 0.3 is 0 Å². The fourth-order valence-electron chi connectivity index (χ4n) is 2.99. The molecule has 8 heteroatoms. The molecule has 0 saturated carbocycles. The number of hydrogen-bond donors (Lipinski definition) is 0. The van der Waals surface area contributed by atoms with E-state index in [2.05, 4.69) is 9.97 Å². The summed E-state index contributed by atoms with van der Waals surface area (Å²) < 4.78 is 0. The first-order valence-electron chi connectivity index (χ1n) is 8.30. The maximum atomic E-state index is 11.4. The number of non-ortho nitro benzene ring substituents is 1. The summed E-state index contributed by atoms with van der Waals surface area (Å²) in [5.41, 5.74) is 1.77. The van der Waals surface area contributed by atoms with Crippen LogP contribution in [0.15, 0.2) is 72.8 Å². The van der Waals surface area contributed by atoms with Gasteiger partial charge in [-0.2, -0.15) is 0 Å². The molecule has 4 aromatic rings. The van der Waals surface area contributed by atoms with Crippen molar-refractivity contribution in [3.8, 4) is 22.6 Å². The van der Waals surface area contributed by atoms with Crippen molar-refractivity contribution in [1.29, 1.82) is 0 Å². The number of nitro benzene ring substituents is 2. The zero-order chi connectivity index (χ0) is 19.7. The van der Waals surface area contributed by atoms with Crippen molar-refractivity contribution < 1.29 is 9.85 Å². The highest BCUT2D eigenvalue weighted by Crippen LogP contribution is 2.33. The molecule has 0 spiro atoms. The average molecular weight is 372 g/mol. The van der Waals surface area contributed by atoms with Gasteiger partial charge in [0, 0.05) is 29.1 Å². The van der Waals surface area contributed by atoms with E-state index in [1.165, 1.54) is 24.3 Å². The van der Waals surface area contributed by atoms with E-state index >= 15 is 0 Å². The minimum atomic E-state index is -0.485. The second-order valence-electron chi connectivity index (χ2n) is 5.99. The van der Waals surface area contributed by atoms with Gasteiger partial charge in [0.2, 0.25) is 0 Å². The van der Waals surface area contributed by atoms with Gasteiger partial charge in [-0.1, -0.05) is 42.5 Å². The third kappa shape index (κ3) is 3.03. The van der Waals surface area contributed by atoms with Crippen molar-refractivity contribution in [3.05, 3.63) is 93.0 Å². The highest BCUT2D eigenvalue weighted by atomic mass is 16.6. The Morgan fingerprint density at radius 2 is 1.46 bits per heavy atom. The first kappa shape index (κ1) is 17.2. The van der Waals surface area contributed by atoms with Crippen LogP contribution in [0.5, 0.6) is 0 Å². The van der Waals surface area contributed by atoms with Gasteiger partial charge in [-0.15, -0.1) is 0 Å². The number of aromatic nitrogens is 2. The summed E-state index contributed by atoms with van der Waals surface area (Å²) in [6.45, 7) is 0. The van der Waals surface area contributed by atoms with E-state index in [-0.39, 0.29) is 22.8 Å². The van der Waals surface area contributed by atoms with E-state index in [4.69, 9.17) is 0 Å². The molecule has 0 bridgehead atoms. The Balaban J connectivity index is 2.05. The van der Waals surface area contributed by atoms with Crippen LogP contribution in [0.25, 0.3) is 33.5 Å². The Hall–Kier alpha value is -4.20. The maximum absolute atomic E-state index is 11.4. The summed E-state index contributed by atoms with van der Waals surface area (Å²) in [4.78, 5) is 30.6. The molecule has 136 valence electrons. The van der Waals surface area contributed by atoms with Gasteiger partial charge in [0.15, 0.2) is 5.82 Å². The molecule has 0 radical (unpaired) electrons. The smallest absolute Gasteiger partial charge is 0.258 e. The fraction of sp³-hybridized carbons (Fsp3) is 0. The van der Waals surface area contributed by atoms with Crippen molar-refractivity contribution in [2.45, 2.75) is 0 Å². The number of fused-ring (bicyclic) bond motifs is 1. The topological polar surface area (TPSA) is 112 Å². The number of para-hydroxylation sites is 1. The molecule has 1 aromatic heterocycles.